The van der Waals surface area contributed by atoms with E-state index in [9.17, 15) is 26.7 Å². The highest BCUT2D eigenvalue weighted by atomic mass is 19.2. The Labute approximate surface area is 136 Å². The molecule has 0 atom stereocenters. The van der Waals surface area contributed by atoms with Crippen LogP contribution in [0.25, 0.3) is 11.5 Å². The van der Waals surface area contributed by atoms with E-state index >= 15 is 0 Å². The molecule has 25 heavy (non-hydrogen) atoms. The summed E-state index contributed by atoms with van der Waals surface area (Å²) in [5, 5.41) is 0. The minimum absolute atomic E-state index is 0.00459. The molecule has 3 rings (SSSR count). The molecule has 1 heterocycles. The SMILES string of the molecule is O=C(Oc1c(F)c(F)c(F)c(F)c1F)c1coc(-c2ccccc2)n1. The van der Waals surface area contributed by atoms with Crippen molar-refractivity contribution in [3.8, 4) is 17.2 Å². The summed E-state index contributed by atoms with van der Waals surface area (Å²) in [4.78, 5) is 15.6. The standard InChI is InChI=1S/C16H6F5NO3/c17-9-10(18)12(20)14(13(21)11(9)19)25-16(23)8-6-24-15(22-8)7-4-2-1-3-5-7/h1-6H. The van der Waals surface area contributed by atoms with Gasteiger partial charge in [-0.05, 0) is 12.1 Å². The Bertz CT molecular complexity index is 927. The Morgan fingerprint density at radius 1 is 0.880 bits per heavy atom. The van der Waals surface area contributed by atoms with Crippen LogP contribution in [-0.4, -0.2) is 11.0 Å². The van der Waals surface area contributed by atoms with Crippen molar-refractivity contribution in [1.82, 2.24) is 4.98 Å². The number of ether oxygens (including phenoxy) is 1. The van der Waals surface area contributed by atoms with Crippen molar-refractivity contribution in [2.24, 2.45) is 0 Å². The van der Waals surface area contributed by atoms with E-state index in [1.54, 1.807) is 30.3 Å². The molecular formula is C16H6F5NO3. The predicted molar refractivity (Wildman–Crippen MR) is 73.1 cm³/mol. The Kier molecular flexibility index (Phi) is 4.22. The number of esters is 1. The molecule has 3 aromatic rings. The molecule has 2 aromatic carbocycles. The first kappa shape index (κ1) is 16.6. The number of halogens is 5. The first-order chi connectivity index (χ1) is 11.9. The lowest BCUT2D eigenvalue weighted by Gasteiger charge is -2.07. The Morgan fingerprint density at radius 3 is 2.04 bits per heavy atom. The van der Waals surface area contributed by atoms with Gasteiger partial charge in [-0.1, -0.05) is 18.2 Å². The van der Waals surface area contributed by atoms with Crippen LogP contribution in [0.1, 0.15) is 10.5 Å². The Balaban J connectivity index is 1.91. The summed E-state index contributed by atoms with van der Waals surface area (Å²) in [7, 11) is 0. The fraction of sp³-hybridized carbons (Fsp3) is 0. The van der Waals surface area contributed by atoms with E-state index in [4.69, 9.17) is 4.42 Å². The predicted octanol–water partition coefficient (Wildman–Crippen LogP) is 4.26. The van der Waals surface area contributed by atoms with Gasteiger partial charge < -0.3 is 9.15 Å². The fourth-order valence-corrected chi connectivity index (χ4v) is 1.90. The largest absolute Gasteiger partial charge is 0.444 e. The highest BCUT2D eigenvalue weighted by molar-refractivity contribution is 5.89. The summed E-state index contributed by atoms with van der Waals surface area (Å²) in [5.41, 5.74) is -0.0134. The van der Waals surface area contributed by atoms with Crippen molar-refractivity contribution >= 4 is 5.97 Å². The van der Waals surface area contributed by atoms with Gasteiger partial charge in [0.15, 0.2) is 5.69 Å². The van der Waals surface area contributed by atoms with Gasteiger partial charge in [0.2, 0.25) is 40.7 Å². The van der Waals surface area contributed by atoms with E-state index in [-0.39, 0.29) is 5.89 Å². The maximum absolute atomic E-state index is 13.5. The van der Waals surface area contributed by atoms with Gasteiger partial charge in [0.05, 0.1) is 0 Å². The maximum Gasteiger partial charge on any atom is 0.365 e. The summed E-state index contributed by atoms with van der Waals surface area (Å²) < 4.78 is 75.5. The zero-order chi connectivity index (χ0) is 18.1. The number of hydrogen-bond donors (Lipinski definition) is 0. The minimum Gasteiger partial charge on any atom is -0.444 e. The molecule has 0 bridgehead atoms. The Hall–Kier alpha value is -3.23. The van der Waals surface area contributed by atoms with Gasteiger partial charge in [0.1, 0.15) is 6.26 Å². The molecule has 0 amide bonds. The number of carbonyl (C=O) groups excluding carboxylic acids is 1. The Morgan fingerprint density at radius 2 is 1.44 bits per heavy atom. The number of benzene rings is 2. The zero-order valence-electron chi connectivity index (χ0n) is 12.0. The van der Waals surface area contributed by atoms with E-state index in [1.165, 1.54) is 0 Å². The van der Waals surface area contributed by atoms with Crippen molar-refractivity contribution in [1.29, 1.82) is 0 Å². The van der Waals surface area contributed by atoms with E-state index in [1.807, 2.05) is 0 Å². The quantitative estimate of drug-likeness (QED) is 0.232. The van der Waals surface area contributed by atoms with Crippen LogP contribution in [0.15, 0.2) is 41.0 Å². The lowest BCUT2D eigenvalue weighted by molar-refractivity contribution is 0.0710. The molecule has 0 saturated carbocycles. The molecule has 1 aromatic heterocycles. The lowest BCUT2D eigenvalue weighted by atomic mass is 10.2. The smallest absolute Gasteiger partial charge is 0.365 e. The van der Waals surface area contributed by atoms with Gasteiger partial charge in [-0.3, -0.25) is 0 Å². The molecule has 0 saturated heterocycles. The molecule has 0 fully saturated rings. The highest BCUT2D eigenvalue weighted by Crippen LogP contribution is 2.30. The number of carbonyl (C=O) groups is 1. The molecule has 4 nitrogen and oxygen atoms in total. The molecule has 0 unspecified atom stereocenters. The average molecular weight is 355 g/mol. The van der Waals surface area contributed by atoms with Crippen molar-refractivity contribution in [2.75, 3.05) is 0 Å². The van der Waals surface area contributed by atoms with Crippen LogP contribution in [0.2, 0.25) is 0 Å². The number of hydrogen-bond acceptors (Lipinski definition) is 4. The normalized spacial score (nSPS) is 10.8. The molecule has 0 aliphatic carbocycles. The van der Waals surface area contributed by atoms with Gasteiger partial charge >= 0.3 is 5.97 Å². The van der Waals surface area contributed by atoms with Gasteiger partial charge in [0.25, 0.3) is 0 Å². The molecule has 0 N–H and O–H groups in total. The molecule has 128 valence electrons. The lowest BCUT2D eigenvalue weighted by Crippen LogP contribution is -2.14. The third-order valence-corrected chi connectivity index (χ3v) is 3.10. The van der Waals surface area contributed by atoms with Crippen molar-refractivity contribution in [2.45, 2.75) is 0 Å². The minimum atomic E-state index is -2.36. The topological polar surface area (TPSA) is 52.3 Å². The van der Waals surface area contributed by atoms with E-state index in [2.05, 4.69) is 9.72 Å². The fourth-order valence-electron chi connectivity index (χ4n) is 1.90. The van der Waals surface area contributed by atoms with Crippen LogP contribution in [0.4, 0.5) is 22.0 Å². The first-order valence-corrected chi connectivity index (χ1v) is 6.64. The third kappa shape index (κ3) is 2.95. The average Bonchev–Trinajstić information content (AvgIpc) is 3.13. The number of nitrogens with zero attached hydrogens (tertiary/aromatic N) is 1. The third-order valence-electron chi connectivity index (χ3n) is 3.10. The van der Waals surface area contributed by atoms with Crippen molar-refractivity contribution < 1.29 is 35.9 Å². The summed E-state index contributed by atoms with van der Waals surface area (Å²) in [5.74, 6) is -14.5. The monoisotopic (exact) mass is 355 g/mol. The molecule has 0 spiro atoms. The second-order valence-electron chi connectivity index (χ2n) is 4.69. The second kappa shape index (κ2) is 6.34. The summed E-state index contributed by atoms with van der Waals surface area (Å²) >= 11 is 0. The second-order valence-corrected chi connectivity index (χ2v) is 4.69. The van der Waals surface area contributed by atoms with Crippen LogP contribution in [0.3, 0.4) is 0 Å². The molecule has 0 aliphatic heterocycles. The number of rotatable bonds is 3. The molecule has 9 heteroatoms. The van der Waals surface area contributed by atoms with Gasteiger partial charge in [-0.2, -0.15) is 8.78 Å². The molecular weight excluding hydrogens is 349 g/mol. The maximum atomic E-state index is 13.5. The van der Waals surface area contributed by atoms with Crippen LogP contribution in [0.5, 0.6) is 5.75 Å². The van der Waals surface area contributed by atoms with Gasteiger partial charge in [0, 0.05) is 5.56 Å². The van der Waals surface area contributed by atoms with Crippen LogP contribution >= 0.6 is 0 Å². The van der Waals surface area contributed by atoms with Gasteiger partial charge in [-0.15, -0.1) is 0 Å². The van der Waals surface area contributed by atoms with Crippen molar-refractivity contribution in [3.63, 3.8) is 0 Å². The summed E-state index contributed by atoms with van der Waals surface area (Å²) in [6, 6.07) is 8.31. The molecule has 0 aliphatic rings. The number of aromatic nitrogens is 1. The van der Waals surface area contributed by atoms with E-state index in [0.29, 0.717) is 5.56 Å². The van der Waals surface area contributed by atoms with E-state index < -0.39 is 46.5 Å². The van der Waals surface area contributed by atoms with E-state index in [0.717, 1.165) is 6.26 Å². The number of oxazole rings is 1. The van der Waals surface area contributed by atoms with Crippen LogP contribution < -0.4 is 4.74 Å². The summed E-state index contributed by atoms with van der Waals surface area (Å²) in [6.07, 6.45) is 0.830. The highest BCUT2D eigenvalue weighted by Gasteiger charge is 2.29. The summed E-state index contributed by atoms with van der Waals surface area (Å²) in [6.45, 7) is 0. The van der Waals surface area contributed by atoms with Crippen LogP contribution in [0, 0.1) is 29.1 Å². The van der Waals surface area contributed by atoms with Crippen molar-refractivity contribution in [3.05, 3.63) is 71.4 Å². The zero-order valence-corrected chi connectivity index (χ0v) is 12.0. The van der Waals surface area contributed by atoms with Gasteiger partial charge in [-0.25, -0.2) is 22.9 Å². The first-order valence-electron chi connectivity index (χ1n) is 6.64. The molecule has 0 radical (unpaired) electrons. The van der Waals surface area contributed by atoms with Crippen LogP contribution in [-0.2, 0) is 0 Å².